The lowest BCUT2D eigenvalue weighted by Gasteiger charge is -2.37. The summed E-state index contributed by atoms with van der Waals surface area (Å²) in [5.74, 6) is -0.809. The second-order valence-electron chi connectivity index (χ2n) is 5.88. The summed E-state index contributed by atoms with van der Waals surface area (Å²) >= 11 is 1.73. The largest absolute Gasteiger partial charge is 0.481 e. The number of hydrogen-bond acceptors (Lipinski definition) is 3. The first-order valence-electron chi connectivity index (χ1n) is 7.24. The van der Waals surface area contributed by atoms with Crippen LogP contribution in [-0.4, -0.2) is 29.7 Å². The second kappa shape index (κ2) is 6.47. The van der Waals surface area contributed by atoms with E-state index in [2.05, 4.69) is 29.7 Å². The number of aryl methyl sites for hydroxylation is 1. The number of hydrogen-bond donors (Lipinski definition) is 3. The van der Waals surface area contributed by atoms with E-state index in [1.165, 1.54) is 9.75 Å². The third-order valence-corrected chi connectivity index (χ3v) is 5.06. The SMILES string of the molecule is Cc1ccc(CC(C)NC(=O)NCC2(C(=O)O)CCC2)s1. The van der Waals surface area contributed by atoms with Gasteiger partial charge in [-0.2, -0.15) is 0 Å². The molecular weight excluding hydrogens is 288 g/mol. The molecule has 0 aliphatic heterocycles. The lowest BCUT2D eigenvalue weighted by molar-refractivity contribution is -0.153. The smallest absolute Gasteiger partial charge is 0.315 e. The van der Waals surface area contributed by atoms with Gasteiger partial charge in [-0.1, -0.05) is 6.42 Å². The fourth-order valence-corrected chi connectivity index (χ4v) is 3.56. The van der Waals surface area contributed by atoms with Crippen LogP contribution in [0.1, 0.15) is 35.9 Å². The minimum Gasteiger partial charge on any atom is -0.481 e. The first-order chi connectivity index (χ1) is 9.91. The van der Waals surface area contributed by atoms with Crippen LogP contribution in [0.2, 0.25) is 0 Å². The summed E-state index contributed by atoms with van der Waals surface area (Å²) < 4.78 is 0. The summed E-state index contributed by atoms with van der Waals surface area (Å²) in [5, 5.41) is 14.8. The summed E-state index contributed by atoms with van der Waals surface area (Å²) in [6.07, 6.45) is 3.00. The quantitative estimate of drug-likeness (QED) is 0.755. The zero-order valence-electron chi connectivity index (χ0n) is 12.4. The second-order valence-corrected chi connectivity index (χ2v) is 7.26. The van der Waals surface area contributed by atoms with E-state index in [0.29, 0.717) is 12.8 Å². The van der Waals surface area contributed by atoms with Crippen LogP contribution in [0.4, 0.5) is 4.79 Å². The summed E-state index contributed by atoms with van der Waals surface area (Å²) in [4.78, 5) is 25.6. The highest BCUT2D eigenvalue weighted by Crippen LogP contribution is 2.40. The van der Waals surface area contributed by atoms with E-state index in [1.54, 1.807) is 11.3 Å². The number of carbonyl (C=O) groups excluding carboxylic acids is 1. The molecule has 21 heavy (non-hydrogen) atoms. The molecule has 1 fully saturated rings. The average molecular weight is 310 g/mol. The molecule has 1 unspecified atom stereocenters. The molecule has 0 aromatic carbocycles. The molecule has 0 radical (unpaired) electrons. The number of carboxylic acid groups (broad SMARTS) is 1. The fourth-order valence-electron chi connectivity index (χ4n) is 2.54. The minimum absolute atomic E-state index is 0.0187. The molecule has 5 nitrogen and oxygen atoms in total. The third kappa shape index (κ3) is 3.97. The number of urea groups is 1. The summed E-state index contributed by atoms with van der Waals surface area (Å²) in [5.41, 5.74) is -0.745. The van der Waals surface area contributed by atoms with E-state index in [0.717, 1.165) is 12.8 Å². The number of rotatable bonds is 6. The van der Waals surface area contributed by atoms with Crippen LogP contribution in [0, 0.1) is 12.3 Å². The number of amides is 2. The zero-order valence-corrected chi connectivity index (χ0v) is 13.3. The Bertz CT molecular complexity index is 523. The van der Waals surface area contributed by atoms with Crippen molar-refractivity contribution in [3.8, 4) is 0 Å². The van der Waals surface area contributed by atoms with Crippen molar-refractivity contribution >= 4 is 23.3 Å². The Kier molecular flexibility index (Phi) is 4.88. The molecule has 1 aliphatic carbocycles. The lowest BCUT2D eigenvalue weighted by atomic mass is 9.69. The van der Waals surface area contributed by atoms with E-state index in [4.69, 9.17) is 0 Å². The molecule has 116 valence electrons. The van der Waals surface area contributed by atoms with Gasteiger partial charge in [-0.25, -0.2) is 4.79 Å². The van der Waals surface area contributed by atoms with E-state index in [1.807, 2.05) is 6.92 Å². The first kappa shape index (κ1) is 15.8. The van der Waals surface area contributed by atoms with Gasteiger partial charge in [0.15, 0.2) is 0 Å². The molecule has 0 saturated heterocycles. The predicted octanol–water partition coefficient (Wildman–Crippen LogP) is 2.54. The molecule has 1 aromatic heterocycles. The molecule has 1 saturated carbocycles. The van der Waals surface area contributed by atoms with Crippen molar-refractivity contribution in [2.45, 2.75) is 45.6 Å². The molecule has 3 N–H and O–H groups in total. The van der Waals surface area contributed by atoms with Gasteiger partial charge in [-0.3, -0.25) is 4.79 Å². The van der Waals surface area contributed by atoms with Crippen LogP contribution in [0.25, 0.3) is 0 Å². The summed E-state index contributed by atoms with van der Waals surface area (Å²) in [6, 6.07) is 3.87. The number of aliphatic carboxylic acids is 1. The Balaban J connectivity index is 1.75. The average Bonchev–Trinajstić information content (AvgIpc) is 2.72. The van der Waals surface area contributed by atoms with Crippen molar-refractivity contribution in [2.75, 3.05) is 6.54 Å². The standard InChI is InChI=1S/C15H22N2O3S/c1-10(8-12-5-4-11(2)21-12)17-14(20)16-9-15(13(18)19)6-3-7-15/h4-5,10H,3,6-9H2,1-2H3,(H,18,19)(H2,16,17,20). The number of carbonyl (C=O) groups is 2. The van der Waals surface area contributed by atoms with Crippen LogP contribution in [0.3, 0.4) is 0 Å². The highest BCUT2D eigenvalue weighted by Gasteiger charge is 2.44. The molecule has 1 aliphatic rings. The summed E-state index contributed by atoms with van der Waals surface area (Å²) in [6.45, 7) is 4.22. The number of thiophene rings is 1. The third-order valence-electron chi connectivity index (χ3n) is 4.03. The normalized spacial score (nSPS) is 17.6. The molecule has 1 atom stereocenters. The van der Waals surface area contributed by atoms with Crippen molar-refractivity contribution < 1.29 is 14.7 Å². The Morgan fingerprint density at radius 1 is 1.43 bits per heavy atom. The highest BCUT2D eigenvalue weighted by molar-refractivity contribution is 7.11. The molecule has 0 bridgehead atoms. The molecule has 0 spiro atoms. The molecule has 2 rings (SSSR count). The monoisotopic (exact) mass is 310 g/mol. The van der Waals surface area contributed by atoms with Crippen molar-refractivity contribution in [3.05, 3.63) is 21.9 Å². The highest BCUT2D eigenvalue weighted by atomic mass is 32.1. The number of carboxylic acids is 1. The van der Waals surface area contributed by atoms with Gasteiger partial charge < -0.3 is 15.7 Å². The van der Waals surface area contributed by atoms with Gasteiger partial charge in [0.05, 0.1) is 5.41 Å². The van der Waals surface area contributed by atoms with Gasteiger partial charge in [-0.15, -0.1) is 11.3 Å². The Hall–Kier alpha value is -1.56. The summed E-state index contributed by atoms with van der Waals surface area (Å²) in [7, 11) is 0. The van der Waals surface area contributed by atoms with Crippen molar-refractivity contribution in [1.82, 2.24) is 10.6 Å². The van der Waals surface area contributed by atoms with Gasteiger partial charge >= 0.3 is 12.0 Å². The van der Waals surface area contributed by atoms with E-state index < -0.39 is 11.4 Å². The molecule has 1 aromatic rings. The van der Waals surface area contributed by atoms with Crippen LogP contribution in [0.5, 0.6) is 0 Å². The maximum absolute atomic E-state index is 11.8. The topological polar surface area (TPSA) is 78.4 Å². The van der Waals surface area contributed by atoms with Crippen LogP contribution in [0.15, 0.2) is 12.1 Å². The first-order valence-corrected chi connectivity index (χ1v) is 8.06. The Labute approximate surface area is 128 Å². The van der Waals surface area contributed by atoms with Crippen molar-refractivity contribution in [2.24, 2.45) is 5.41 Å². The fraction of sp³-hybridized carbons (Fsp3) is 0.600. The van der Waals surface area contributed by atoms with Gasteiger partial charge in [0.25, 0.3) is 0 Å². The van der Waals surface area contributed by atoms with Gasteiger partial charge in [0, 0.05) is 28.8 Å². The van der Waals surface area contributed by atoms with Gasteiger partial charge in [0.2, 0.25) is 0 Å². The van der Waals surface area contributed by atoms with Crippen molar-refractivity contribution in [1.29, 1.82) is 0 Å². The van der Waals surface area contributed by atoms with Gasteiger partial charge in [-0.05, 0) is 38.8 Å². The van der Waals surface area contributed by atoms with E-state index in [9.17, 15) is 14.7 Å². The lowest BCUT2D eigenvalue weighted by Crippen LogP contribution is -2.51. The van der Waals surface area contributed by atoms with Crippen LogP contribution < -0.4 is 10.6 Å². The van der Waals surface area contributed by atoms with Gasteiger partial charge in [0.1, 0.15) is 0 Å². The van der Waals surface area contributed by atoms with E-state index >= 15 is 0 Å². The Morgan fingerprint density at radius 3 is 2.62 bits per heavy atom. The number of nitrogens with one attached hydrogen (secondary N) is 2. The maximum Gasteiger partial charge on any atom is 0.315 e. The molecule has 6 heteroatoms. The predicted molar refractivity (Wildman–Crippen MR) is 82.7 cm³/mol. The van der Waals surface area contributed by atoms with Crippen LogP contribution >= 0.6 is 11.3 Å². The molecule has 2 amide bonds. The Morgan fingerprint density at radius 2 is 2.14 bits per heavy atom. The van der Waals surface area contributed by atoms with E-state index in [-0.39, 0.29) is 18.6 Å². The molecule has 1 heterocycles. The molecular formula is C15H22N2O3S. The zero-order chi connectivity index (χ0) is 15.5. The minimum atomic E-state index is -0.809. The maximum atomic E-state index is 11.8. The van der Waals surface area contributed by atoms with Crippen molar-refractivity contribution in [3.63, 3.8) is 0 Å². The van der Waals surface area contributed by atoms with Crippen LogP contribution in [-0.2, 0) is 11.2 Å².